The fourth-order valence-corrected chi connectivity index (χ4v) is 1.70. The number of piperidine rings is 1. The van der Waals surface area contributed by atoms with Crippen LogP contribution in [-0.2, 0) is 9.63 Å². The molecule has 0 aromatic carbocycles. The zero-order valence-corrected chi connectivity index (χ0v) is 7.88. The lowest BCUT2D eigenvalue weighted by molar-refractivity contribution is -0.179. The van der Waals surface area contributed by atoms with E-state index in [1.807, 2.05) is 5.06 Å². The minimum Gasteiger partial charge on any atom is -0.302 e. The lowest BCUT2D eigenvalue weighted by Crippen LogP contribution is -2.41. The van der Waals surface area contributed by atoms with E-state index in [0.29, 0.717) is 24.7 Å². The van der Waals surface area contributed by atoms with Crippen molar-refractivity contribution in [3.8, 4) is 0 Å². The molecule has 1 aliphatic rings. The van der Waals surface area contributed by atoms with E-state index in [1.165, 1.54) is 0 Å². The molecule has 0 saturated carbocycles. The number of hydrogen-bond acceptors (Lipinski definition) is 3. The maximum atomic E-state index is 11.1. The number of hydrogen-bond donors (Lipinski definition) is 0. The molecule has 70 valence electrons. The largest absolute Gasteiger partial charge is 0.302 e. The third-order valence-corrected chi connectivity index (χ3v) is 2.34. The van der Waals surface area contributed by atoms with Crippen LogP contribution in [0.4, 0.5) is 0 Å². The first-order valence-corrected chi connectivity index (χ1v) is 4.60. The SMILES string of the molecule is CCCC1CC(=O)CCN1OC. The van der Waals surface area contributed by atoms with Crippen molar-refractivity contribution in [2.75, 3.05) is 13.7 Å². The van der Waals surface area contributed by atoms with Crippen LogP contribution in [0, 0.1) is 0 Å². The van der Waals surface area contributed by atoms with Crippen molar-refractivity contribution in [1.29, 1.82) is 0 Å². The molecule has 1 unspecified atom stereocenters. The molecule has 1 heterocycles. The number of carbonyl (C=O) groups excluding carboxylic acids is 1. The minimum absolute atomic E-state index is 0.321. The van der Waals surface area contributed by atoms with Crippen LogP contribution in [0.25, 0.3) is 0 Å². The summed E-state index contributed by atoms with van der Waals surface area (Å²) in [6.45, 7) is 2.90. The fourth-order valence-electron chi connectivity index (χ4n) is 1.70. The molecule has 1 saturated heterocycles. The Morgan fingerprint density at radius 2 is 2.42 bits per heavy atom. The highest BCUT2D eigenvalue weighted by Crippen LogP contribution is 2.17. The summed E-state index contributed by atoms with van der Waals surface area (Å²) in [6, 6.07) is 0.321. The van der Waals surface area contributed by atoms with Gasteiger partial charge >= 0.3 is 0 Å². The van der Waals surface area contributed by atoms with Gasteiger partial charge in [0.05, 0.1) is 7.11 Å². The Labute approximate surface area is 73.6 Å². The summed E-state index contributed by atoms with van der Waals surface area (Å²) in [6.07, 6.45) is 3.48. The van der Waals surface area contributed by atoms with Crippen LogP contribution in [0.3, 0.4) is 0 Å². The van der Waals surface area contributed by atoms with Gasteiger partial charge in [-0.15, -0.1) is 0 Å². The third-order valence-electron chi connectivity index (χ3n) is 2.34. The molecular weight excluding hydrogens is 154 g/mol. The van der Waals surface area contributed by atoms with Gasteiger partial charge in [-0.1, -0.05) is 13.3 Å². The second kappa shape index (κ2) is 4.58. The van der Waals surface area contributed by atoms with Crippen LogP contribution in [0.5, 0.6) is 0 Å². The van der Waals surface area contributed by atoms with Crippen molar-refractivity contribution in [3.63, 3.8) is 0 Å². The van der Waals surface area contributed by atoms with Gasteiger partial charge in [0.2, 0.25) is 0 Å². The van der Waals surface area contributed by atoms with Crippen LogP contribution < -0.4 is 0 Å². The van der Waals surface area contributed by atoms with Gasteiger partial charge < -0.3 is 4.84 Å². The first-order chi connectivity index (χ1) is 5.77. The van der Waals surface area contributed by atoms with Gasteiger partial charge in [-0.2, -0.15) is 5.06 Å². The quantitative estimate of drug-likeness (QED) is 0.642. The molecule has 0 spiro atoms. The Morgan fingerprint density at radius 1 is 1.67 bits per heavy atom. The van der Waals surface area contributed by atoms with Crippen LogP contribution in [0.2, 0.25) is 0 Å². The van der Waals surface area contributed by atoms with Crippen LogP contribution in [0.1, 0.15) is 32.6 Å². The van der Waals surface area contributed by atoms with Crippen molar-refractivity contribution < 1.29 is 9.63 Å². The summed E-state index contributed by atoms with van der Waals surface area (Å²) in [5.41, 5.74) is 0. The molecule has 12 heavy (non-hydrogen) atoms. The smallest absolute Gasteiger partial charge is 0.135 e. The summed E-state index contributed by atoms with van der Waals surface area (Å²) in [5, 5.41) is 1.94. The molecule has 0 aromatic heterocycles. The number of ketones is 1. The average Bonchev–Trinajstić information content (AvgIpc) is 2.05. The van der Waals surface area contributed by atoms with Gasteiger partial charge in [-0.3, -0.25) is 4.79 Å². The molecule has 0 radical (unpaired) electrons. The second-order valence-corrected chi connectivity index (χ2v) is 3.26. The average molecular weight is 171 g/mol. The Kier molecular flexibility index (Phi) is 3.69. The molecule has 1 fully saturated rings. The van der Waals surface area contributed by atoms with Crippen molar-refractivity contribution in [2.45, 2.75) is 38.6 Å². The summed E-state index contributed by atoms with van der Waals surface area (Å²) in [4.78, 5) is 16.3. The van der Waals surface area contributed by atoms with Crippen molar-refractivity contribution in [2.24, 2.45) is 0 Å². The molecule has 0 aliphatic carbocycles. The van der Waals surface area contributed by atoms with Gasteiger partial charge in [0.15, 0.2) is 0 Å². The van der Waals surface area contributed by atoms with E-state index in [1.54, 1.807) is 7.11 Å². The lowest BCUT2D eigenvalue weighted by atomic mass is 9.99. The first kappa shape index (κ1) is 9.68. The molecule has 0 aromatic rings. The fraction of sp³-hybridized carbons (Fsp3) is 0.889. The predicted molar refractivity (Wildman–Crippen MR) is 46.7 cm³/mol. The summed E-state index contributed by atoms with van der Waals surface area (Å²) in [5.74, 6) is 0.377. The first-order valence-electron chi connectivity index (χ1n) is 4.60. The topological polar surface area (TPSA) is 29.5 Å². The maximum absolute atomic E-state index is 11.1. The normalized spacial score (nSPS) is 26.2. The van der Waals surface area contributed by atoms with E-state index >= 15 is 0 Å². The standard InChI is InChI=1S/C9H17NO2/c1-3-4-8-7-9(11)5-6-10(8)12-2/h8H,3-7H2,1-2H3. The lowest BCUT2D eigenvalue weighted by Gasteiger charge is -2.32. The summed E-state index contributed by atoms with van der Waals surface area (Å²) in [7, 11) is 1.68. The number of Topliss-reactive ketones (excluding diaryl/α,β-unsaturated/α-hetero) is 1. The van der Waals surface area contributed by atoms with Crippen molar-refractivity contribution in [1.82, 2.24) is 5.06 Å². The number of hydroxylamine groups is 2. The molecule has 1 atom stereocenters. The molecule has 0 bridgehead atoms. The molecule has 3 nitrogen and oxygen atoms in total. The Hall–Kier alpha value is -0.410. The van der Waals surface area contributed by atoms with Crippen LogP contribution in [-0.4, -0.2) is 30.5 Å². The third kappa shape index (κ3) is 2.29. The summed E-state index contributed by atoms with van der Waals surface area (Å²) < 4.78 is 0. The predicted octanol–water partition coefficient (Wildman–Crippen LogP) is 1.38. The minimum atomic E-state index is 0.321. The number of rotatable bonds is 3. The molecule has 1 aliphatic heterocycles. The zero-order chi connectivity index (χ0) is 8.97. The molecule has 1 rings (SSSR count). The Bertz CT molecular complexity index is 159. The van der Waals surface area contributed by atoms with Crippen molar-refractivity contribution >= 4 is 5.78 Å². The Balaban J connectivity index is 2.45. The van der Waals surface area contributed by atoms with E-state index in [2.05, 4.69) is 6.92 Å². The van der Waals surface area contributed by atoms with Gasteiger partial charge in [0, 0.05) is 25.4 Å². The van der Waals surface area contributed by atoms with Crippen LogP contribution >= 0.6 is 0 Å². The zero-order valence-electron chi connectivity index (χ0n) is 7.88. The highest BCUT2D eigenvalue weighted by Gasteiger charge is 2.25. The van der Waals surface area contributed by atoms with E-state index in [0.717, 1.165) is 19.4 Å². The van der Waals surface area contributed by atoms with E-state index < -0.39 is 0 Å². The maximum Gasteiger partial charge on any atom is 0.135 e. The number of carbonyl (C=O) groups is 1. The van der Waals surface area contributed by atoms with E-state index in [4.69, 9.17) is 4.84 Å². The van der Waals surface area contributed by atoms with Gasteiger partial charge in [-0.25, -0.2) is 0 Å². The van der Waals surface area contributed by atoms with Gasteiger partial charge in [0.25, 0.3) is 0 Å². The van der Waals surface area contributed by atoms with E-state index in [9.17, 15) is 4.79 Å². The highest BCUT2D eigenvalue weighted by molar-refractivity contribution is 5.79. The molecular formula is C9H17NO2. The molecule has 0 amide bonds. The van der Waals surface area contributed by atoms with E-state index in [-0.39, 0.29) is 0 Å². The monoisotopic (exact) mass is 171 g/mol. The van der Waals surface area contributed by atoms with Crippen LogP contribution in [0.15, 0.2) is 0 Å². The van der Waals surface area contributed by atoms with Gasteiger partial charge in [-0.05, 0) is 6.42 Å². The number of nitrogens with zero attached hydrogens (tertiary/aromatic N) is 1. The molecule has 3 heteroatoms. The molecule has 0 N–H and O–H groups in total. The Morgan fingerprint density at radius 3 is 3.00 bits per heavy atom. The van der Waals surface area contributed by atoms with Crippen molar-refractivity contribution in [3.05, 3.63) is 0 Å². The second-order valence-electron chi connectivity index (χ2n) is 3.26. The highest BCUT2D eigenvalue weighted by atomic mass is 16.7. The summed E-state index contributed by atoms with van der Waals surface area (Å²) >= 11 is 0. The van der Waals surface area contributed by atoms with Gasteiger partial charge in [0.1, 0.15) is 5.78 Å².